The van der Waals surface area contributed by atoms with Crippen LogP contribution in [0.2, 0.25) is 0 Å². The number of ether oxygens (including phenoxy) is 1. The van der Waals surface area contributed by atoms with Gasteiger partial charge in [0, 0.05) is 45.2 Å². The van der Waals surface area contributed by atoms with E-state index in [0.717, 1.165) is 49.8 Å². The van der Waals surface area contributed by atoms with E-state index in [0.29, 0.717) is 19.6 Å². The zero-order valence-electron chi connectivity index (χ0n) is 19.1. The molecule has 1 aromatic heterocycles. The SMILES string of the molecule is CCn1cc(S(=O)(=O)N2CCCCCCCCN(C(=O)COC)c3ccccc3C2)cn1. The van der Waals surface area contributed by atoms with Crippen molar-refractivity contribution in [2.45, 2.75) is 63.4 Å². The van der Waals surface area contributed by atoms with Gasteiger partial charge in [0.25, 0.3) is 5.91 Å². The Bertz CT molecular complexity index is 989. The maximum atomic E-state index is 13.5. The van der Waals surface area contributed by atoms with Crippen LogP contribution in [0.4, 0.5) is 5.69 Å². The number of para-hydroxylation sites is 1. The minimum absolute atomic E-state index is 0.00739. The standard InChI is InChI=1S/C23H34N4O4S/c1-3-25-18-21(16-24-25)32(29,30)26-14-10-6-4-5-7-11-15-27(23(28)19-31-2)22-13-9-8-12-20(22)17-26/h8-9,12-13,16,18H,3-7,10-11,14-15,17,19H2,1-2H3. The average molecular weight is 463 g/mol. The molecule has 3 rings (SSSR count). The third-order valence-electron chi connectivity index (χ3n) is 5.81. The summed E-state index contributed by atoms with van der Waals surface area (Å²) in [6, 6.07) is 7.56. The van der Waals surface area contributed by atoms with Crippen LogP contribution in [-0.2, 0) is 32.6 Å². The molecule has 0 saturated heterocycles. The number of amides is 1. The first-order valence-corrected chi connectivity index (χ1v) is 12.8. The van der Waals surface area contributed by atoms with Crippen LogP contribution in [0.3, 0.4) is 0 Å². The van der Waals surface area contributed by atoms with Gasteiger partial charge in [-0.1, -0.05) is 43.9 Å². The summed E-state index contributed by atoms with van der Waals surface area (Å²) < 4.78 is 35.3. The molecule has 0 radical (unpaired) electrons. The number of nitrogens with zero attached hydrogens (tertiary/aromatic N) is 4. The van der Waals surface area contributed by atoms with Gasteiger partial charge in [-0.2, -0.15) is 9.40 Å². The number of aryl methyl sites for hydroxylation is 1. The van der Waals surface area contributed by atoms with Crippen LogP contribution in [0.1, 0.15) is 51.0 Å². The summed E-state index contributed by atoms with van der Waals surface area (Å²) in [5, 5.41) is 4.16. The molecule has 1 aromatic carbocycles. The predicted molar refractivity (Wildman–Crippen MR) is 124 cm³/mol. The van der Waals surface area contributed by atoms with E-state index in [-0.39, 0.29) is 24.0 Å². The predicted octanol–water partition coefficient (Wildman–Crippen LogP) is 3.43. The number of carbonyl (C=O) groups excluding carboxylic acids is 1. The summed E-state index contributed by atoms with van der Waals surface area (Å²) in [6.45, 7) is 3.74. The van der Waals surface area contributed by atoms with Crippen LogP contribution in [0.5, 0.6) is 0 Å². The summed E-state index contributed by atoms with van der Waals surface area (Å²) >= 11 is 0. The molecule has 2 heterocycles. The van der Waals surface area contributed by atoms with Gasteiger partial charge in [0.2, 0.25) is 10.0 Å². The molecular formula is C23H34N4O4S. The molecule has 32 heavy (non-hydrogen) atoms. The van der Waals surface area contributed by atoms with Gasteiger partial charge in [-0.15, -0.1) is 0 Å². The molecule has 0 fully saturated rings. The van der Waals surface area contributed by atoms with Crippen LogP contribution in [0.15, 0.2) is 41.6 Å². The molecule has 2 aromatic rings. The Labute approximate surface area is 191 Å². The minimum Gasteiger partial charge on any atom is -0.375 e. The van der Waals surface area contributed by atoms with Crippen molar-refractivity contribution in [3.63, 3.8) is 0 Å². The van der Waals surface area contributed by atoms with Gasteiger partial charge in [-0.3, -0.25) is 9.48 Å². The fourth-order valence-electron chi connectivity index (χ4n) is 4.03. The van der Waals surface area contributed by atoms with E-state index in [1.54, 1.807) is 15.8 Å². The molecule has 1 amide bonds. The Morgan fingerprint density at radius 2 is 1.75 bits per heavy atom. The number of rotatable bonds is 5. The number of methoxy groups -OCH3 is 1. The van der Waals surface area contributed by atoms with Crippen LogP contribution >= 0.6 is 0 Å². The Morgan fingerprint density at radius 3 is 2.44 bits per heavy atom. The second-order valence-corrected chi connectivity index (χ2v) is 10.0. The van der Waals surface area contributed by atoms with Gasteiger partial charge >= 0.3 is 0 Å². The fraction of sp³-hybridized carbons (Fsp3) is 0.565. The number of hydrogen-bond acceptors (Lipinski definition) is 5. The molecule has 0 bridgehead atoms. The molecule has 1 aliphatic rings. The zero-order chi connectivity index (χ0) is 23.0. The highest BCUT2D eigenvalue weighted by atomic mass is 32.2. The molecule has 0 spiro atoms. The highest BCUT2D eigenvalue weighted by Crippen LogP contribution is 2.27. The van der Waals surface area contributed by atoms with E-state index in [9.17, 15) is 13.2 Å². The molecule has 0 N–H and O–H groups in total. The Kier molecular flexibility index (Phi) is 8.84. The highest BCUT2D eigenvalue weighted by molar-refractivity contribution is 7.89. The lowest BCUT2D eigenvalue weighted by Gasteiger charge is -2.27. The van der Waals surface area contributed by atoms with Crippen molar-refractivity contribution >= 4 is 21.6 Å². The van der Waals surface area contributed by atoms with Crippen molar-refractivity contribution in [1.29, 1.82) is 0 Å². The van der Waals surface area contributed by atoms with Crippen LogP contribution < -0.4 is 4.90 Å². The van der Waals surface area contributed by atoms with Crippen LogP contribution in [0.25, 0.3) is 0 Å². The average Bonchev–Trinajstić information content (AvgIpc) is 3.28. The molecule has 9 heteroatoms. The first-order valence-electron chi connectivity index (χ1n) is 11.4. The van der Waals surface area contributed by atoms with Crippen LogP contribution in [0, 0.1) is 0 Å². The van der Waals surface area contributed by atoms with Crippen LogP contribution in [-0.4, -0.2) is 55.2 Å². The van der Waals surface area contributed by atoms with Crippen molar-refractivity contribution < 1.29 is 17.9 Å². The molecule has 0 saturated carbocycles. The van der Waals surface area contributed by atoms with Crippen molar-refractivity contribution in [3.05, 3.63) is 42.2 Å². The Morgan fingerprint density at radius 1 is 1.06 bits per heavy atom. The number of anilines is 1. The summed E-state index contributed by atoms with van der Waals surface area (Å²) in [7, 11) is -2.21. The van der Waals surface area contributed by atoms with E-state index < -0.39 is 10.0 Å². The Balaban J connectivity index is 1.99. The van der Waals surface area contributed by atoms with E-state index in [4.69, 9.17) is 4.74 Å². The van der Waals surface area contributed by atoms with Crippen molar-refractivity contribution in [3.8, 4) is 0 Å². The molecule has 0 unspecified atom stereocenters. The number of hydrogen-bond donors (Lipinski definition) is 0. The summed E-state index contributed by atoms with van der Waals surface area (Å²) in [4.78, 5) is 14.8. The Hall–Kier alpha value is -2.23. The van der Waals surface area contributed by atoms with E-state index >= 15 is 0 Å². The fourth-order valence-corrected chi connectivity index (χ4v) is 5.44. The maximum Gasteiger partial charge on any atom is 0.252 e. The highest BCUT2D eigenvalue weighted by Gasteiger charge is 2.28. The lowest BCUT2D eigenvalue weighted by atomic mass is 10.1. The maximum absolute atomic E-state index is 13.5. The van der Waals surface area contributed by atoms with E-state index in [1.165, 1.54) is 17.6 Å². The number of aromatic nitrogens is 2. The number of benzene rings is 1. The van der Waals surface area contributed by atoms with Gasteiger partial charge in [-0.05, 0) is 31.4 Å². The molecule has 176 valence electrons. The number of fused-ring (bicyclic) bond motifs is 1. The van der Waals surface area contributed by atoms with Gasteiger partial charge in [0.15, 0.2) is 0 Å². The van der Waals surface area contributed by atoms with Crippen molar-refractivity contribution in [2.24, 2.45) is 0 Å². The van der Waals surface area contributed by atoms with Gasteiger partial charge < -0.3 is 9.64 Å². The second-order valence-electron chi connectivity index (χ2n) is 8.10. The van der Waals surface area contributed by atoms with Gasteiger partial charge in [-0.25, -0.2) is 8.42 Å². The van der Waals surface area contributed by atoms with Gasteiger partial charge in [0.05, 0.1) is 6.20 Å². The molecular weight excluding hydrogens is 428 g/mol. The van der Waals surface area contributed by atoms with Crippen molar-refractivity contribution in [1.82, 2.24) is 14.1 Å². The quantitative estimate of drug-likeness (QED) is 0.680. The van der Waals surface area contributed by atoms with E-state index in [2.05, 4.69) is 5.10 Å². The summed E-state index contributed by atoms with van der Waals surface area (Å²) in [5.74, 6) is -0.117. The van der Waals surface area contributed by atoms with E-state index in [1.807, 2.05) is 31.2 Å². The molecule has 0 atom stereocenters. The molecule has 1 aliphatic heterocycles. The minimum atomic E-state index is -3.72. The van der Waals surface area contributed by atoms with Gasteiger partial charge in [0.1, 0.15) is 11.5 Å². The summed E-state index contributed by atoms with van der Waals surface area (Å²) in [5.41, 5.74) is 1.56. The lowest BCUT2D eigenvalue weighted by Crippen LogP contribution is -2.37. The first kappa shape index (κ1) is 24.4. The topological polar surface area (TPSA) is 84.7 Å². The smallest absolute Gasteiger partial charge is 0.252 e. The monoisotopic (exact) mass is 462 g/mol. The second kappa shape index (κ2) is 11.6. The number of carbonyl (C=O) groups is 1. The van der Waals surface area contributed by atoms with Crippen molar-refractivity contribution in [2.75, 3.05) is 31.7 Å². The molecule has 8 nitrogen and oxygen atoms in total. The summed E-state index contributed by atoms with van der Waals surface area (Å²) in [6.07, 6.45) is 8.85. The zero-order valence-corrected chi connectivity index (χ0v) is 19.9. The first-order chi connectivity index (χ1) is 15.5. The lowest BCUT2D eigenvalue weighted by molar-refractivity contribution is -0.122. The molecule has 0 aliphatic carbocycles. The largest absolute Gasteiger partial charge is 0.375 e. The normalized spacial score (nSPS) is 17.1. The number of sulfonamides is 1. The third kappa shape index (κ3) is 5.96. The third-order valence-corrected chi connectivity index (χ3v) is 7.61.